The molecule has 0 saturated carbocycles. The Morgan fingerprint density at radius 3 is 2.69 bits per heavy atom. The van der Waals surface area contributed by atoms with E-state index in [0.717, 1.165) is 0 Å². The molecule has 0 aliphatic heterocycles. The van der Waals surface area contributed by atoms with Crippen molar-refractivity contribution >= 4 is 28.6 Å². The van der Waals surface area contributed by atoms with Gasteiger partial charge >= 0.3 is 5.97 Å². The molecule has 0 N–H and O–H groups in total. The van der Waals surface area contributed by atoms with Crippen LogP contribution in [0, 0.1) is 16.3 Å². The molecule has 0 heterocycles. The van der Waals surface area contributed by atoms with Crippen molar-refractivity contribution in [1.29, 1.82) is 0 Å². The van der Waals surface area contributed by atoms with Crippen LogP contribution in [-0.4, -0.2) is 13.1 Å². The summed E-state index contributed by atoms with van der Waals surface area (Å²) in [4.78, 5) is 11.1. The lowest BCUT2D eigenvalue weighted by Crippen LogP contribution is -2.05. The summed E-state index contributed by atoms with van der Waals surface area (Å²) in [6, 6.07) is 3.11. The molecule has 0 spiro atoms. The van der Waals surface area contributed by atoms with Crippen LogP contribution in [-0.2, 0) is 4.74 Å². The summed E-state index contributed by atoms with van der Waals surface area (Å²) < 4.78 is 18.3. The van der Waals surface area contributed by atoms with Gasteiger partial charge in [0.2, 0.25) is 0 Å². The summed E-state index contributed by atoms with van der Waals surface area (Å²) in [7, 11) is 1.28. The Morgan fingerprint density at radius 2 is 2.15 bits per heavy atom. The Hall–Kier alpha value is -0.650. The molecule has 0 saturated heterocycles. The number of carbonyl (C=O) groups is 1. The first-order valence-electron chi connectivity index (χ1n) is 3.61. The van der Waals surface area contributed by atoms with Crippen LogP contribution >= 0.6 is 22.6 Å². The number of benzene rings is 1. The molecule has 0 fully saturated rings. The van der Waals surface area contributed by atoms with E-state index in [1.165, 1.54) is 7.11 Å². The molecule has 1 aromatic carbocycles. The van der Waals surface area contributed by atoms with Gasteiger partial charge in [-0.1, -0.05) is 0 Å². The zero-order valence-electron chi connectivity index (χ0n) is 7.23. The van der Waals surface area contributed by atoms with Crippen molar-refractivity contribution in [3.8, 4) is 0 Å². The summed E-state index contributed by atoms with van der Waals surface area (Å²) in [5.74, 6) is -0.865. The summed E-state index contributed by atoms with van der Waals surface area (Å²) in [6.07, 6.45) is 0. The van der Waals surface area contributed by atoms with E-state index in [0.29, 0.717) is 9.13 Å². The van der Waals surface area contributed by atoms with Gasteiger partial charge < -0.3 is 4.74 Å². The second-order valence-electron chi connectivity index (χ2n) is 2.53. The van der Waals surface area contributed by atoms with Gasteiger partial charge in [0.25, 0.3) is 0 Å². The standard InChI is InChI=1S/C9H8FIO2/c1-5-6(9(12)13-2)3-4-7(11)8(5)10/h3-4H,1-2H3. The fourth-order valence-electron chi connectivity index (χ4n) is 0.983. The van der Waals surface area contributed by atoms with Gasteiger partial charge in [-0.15, -0.1) is 0 Å². The minimum absolute atomic E-state index is 0.278. The first kappa shape index (κ1) is 10.4. The number of ether oxygens (including phenoxy) is 1. The monoisotopic (exact) mass is 294 g/mol. The zero-order valence-corrected chi connectivity index (χ0v) is 9.38. The number of esters is 1. The van der Waals surface area contributed by atoms with E-state index in [2.05, 4.69) is 4.74 Å². The topological polar surface area (TPSA) is 26.3 Å². The summed E-state index contributed by atoms with van der Waals surface area (Å²) >= 11 is 1.88. The fourth-order valence-corrected chi connectivity index (χ4v) is 1.57. The maximum Gasteiger partial charge on any atom is 0.338 e. The molecule has 1 aromatic rings. The predicted octanol–water partition coefficient (Wildman–Crippen LogP) is 2.53. The lowest BCUT2D eigenvalue weighted by atomic mass is 10.1. The molecular weight excluding hydrogens is 286 g/mol. The molecule has 0 bridgehead atoms. The summed E-state index contributed by atoms with van der Waals surface area (Å²) in [5, 5.41) is 0. The van der Waals surface area contributed by atoms with Crippen molar-refractivity contribution < 1.29 is 13.9 Å². The van der Waals surface area contributed by atoms with Crippen LogP contribution in [0.5, 0.6) is 0 Å². The minimum atomic E-state index is -0.507. The van der Waals surface area contributed by atoms with Crippen molar-refractivity contribution in [2.24, 2.45) is 0 Å². The second-order valence-corrected chi connectivity index (χ2v) is 3.69. The average Bonchev–Trinajstić information content (AvgIpc) is 2.13. The molecule has 70 valence electrons. The predicted molar refractivity (Wildman–Crippen MR) is 55.2 cm³/mol. The number of halogens is 2. The van der Waals surface area contributed by atoms with Crippen molar-refractivity contribution in [1.82, 2.24) is 0 Å². The van der Waals surface area contributed by atoms with E-state index in [1.54, 1.807) is 19.1 Å². The number of methoxy groups -OCH3 is 1. The Kier molecular flexibility index (Phi) is 3.24. The van der Waals surface area contributed by atoms with E-state index in [-0.39, 0.29) is 11.4 Å². The first-order valence-corrected chi connectivity index (χ1v) is 4.68. The molecule has 0 aliphatic carbocycles. The highest BCUT2D eigenvalue weighted by molar-refractivity contribution is 14.1. The van der Waals surface area contributed by atoms with Crippen LogP contribution in [0.3, 0.4) is 0 Å². The van der Waals surface area contributed by atoms with Gasteiger partial charge in [-0.25, -0.2) is 9.18 Å². The van der Waals surface area contributed by atoms with Gasteiger partial charge in [0.1, 0.15) is 5.82 Å². The van der Waals surface area contributed by atoms with Crippen LogP contribution in [0.25, 0.3) is 0 Å². The van der Waals surface area contributed by atoms with Crippen LogP contribution in [0.15, 0.2) is 12.1 Å². The van der Waals surface area contributed by atoms with Gasteiger partial charge in [-0.3, -0.25) is 0 Å². The van der Waals surface area contributed by atoms with Gasteiger partial charge in [0, 0.05) is 9.13 Å². The van der Waals surface area contributed by atoms with Crippen LogP contribution < -0.4 is 0 Å². The molecule has 13 heavy (non-hydrogen) atoms. The Labute approximate surface area is 89.2 Å². The third kappa shape index (κ3) is 1.99. The molecular formula is C9H8FIO2. The maximum atomic E-state index is 13.3. The smallest absolute Gasteiger partial charge is 0.338 e. The average molecular weight is 294 g/mol. The lowest BCUT2D eigenvalue weighted by molar-refractivity contribution is 0.0599. The maximum absolute atomic E-state index is 13.3. The molecule has 0 aliphatic rings. The molecule has 0 aromatic heterocycles. The third-order valence-corrected chi connectivity index (χ3v) is 2.58. The van der Waals surface area contributed by atoms with E-state index in [4.69, 9.17) is 0 Å². The first-order chi connectivity index (χ1) is 6.07. The van der Waals surface area contributed by atoms with Gasteiger partial charge in [-0.05, 0) is 41.6 Å². The molecule has 0 unspecified atom stereocenters. The van der Waals surface area contributed by atoms with Crippen molar-refractivity contribution in [3.05, 3.63) is 32.6 Å². The highest BCUT2D eigenvalue weighted by Crippen LogP contribution is 2.18. The highest BCUT2D eigenvalue weighted by Gasteiger charge is 2.13. The van der Waals surface area contributed by atoms with Gasteiger partial charge in [-0.2, -0.15) is 0 Å². The van der Waals surface area contributed by atoms with E-state index < -0.39 is 5.97 Å². The molecule has 2 nitrogen and oxygen atoms in total. The molecule has 0 radical (unpaired) electrons. The zero-order chi connectivity index (χ0) is 10.0. The van der Waals surface area contributed by atoms with E-state index >= 15 is 0 Å². The number of carbonyl (C=O) groups excluding carboxylic acids is 1. The normalized spacial score (nSPS) is 9.85. The lowest BCUT2D eigenvalue weighted by Gasteiger charge is -2.05. The van der Waals surface area contributed by atoms with E-state index in [1.807, 2.05) is 22.6 Å². The Bertz CT molecular complexity index is 350. The van der Waals surface area contributed by atoms with Gasteiger partial charge in [0.15, 0.2) is 0 Å². The highest BCUT2D eigenvalue weighted by atomic mass is 127. The van der Waals surface area contributed by atoms with Crippen LogP contribution in [0.4, 0.5) is 4.39 Å². The number of hydrogen-bond donors (Lipinski definition) is 0. The quantitative estimate of drug-likeness (QED) is 0.587. The van der Waals surface area contributed by atoms with Crippen LogP contribution in [0.1, 0.15) is 15.9 Å². The third-order valence-electron chi connectivity index (χ3n) is 1.74. The Morgan fingerprint density at radius 1 is 1.54 bits per heavy atom. The summed E-state index contributed by atoms with van der Waals surface area (Å²) in [6.45, 7) is 1.56. The number of rotatable bonds is 1. The fraction of sp³-hybridized carbons (Fsp3) is 0.222. The summed E-state index contributed by atoms with van der Waals surface area (Å²) in [5.41, 5.74) is 0.610. The molecule has 0 amide bonds. The SMILES string of the molecule is COC(=O)c1ccc(I)c(F)c1C. The molecule has 1 rings (SSSR count). The Balaban J connectivity index is 3.26. The minimum Gasteiger partial charge on any atom is -0.465 e. The van der Waals surface area contributed by atoms with Crippen LogP contribution in [0.2, 0.25) is 0 Å². The van der Waals surface area contributed by atoms with Gasteiger partial charge in [0.05, 0.1) is 12.7 Å². The van der Waals surface area contributed by atoms with Crippen molar-refractivity contribution in [2.75, 3.05) is 7.11 Å². The number of hydrogen-bond acceptors (Lipinski definition) is 2. The van der Waals surface area contributed by atoms with E-state index in [9.17, 15) is 9.18 Å². The molecule has 0 atom stereocenters. The van der Waals surface area contributed by atoms with Crippen molar-refractivity contribution in [3.63, 3.8) is 0 Å². The van der Waals surface area contributed by atoms with Crippen molar-refractivity contribution in [2.45, 2.75) is 6.92 Å². The largest absolute Gasteiger partial charge is 0.465 e. The second kappa shape index (κ2) is 4.04. The molecule has 4 heteroatoms.